The van der Waals surface area contributed by atoms with Gasteiger partial charge in [0.25, 0.3) is 0 Å². The summed E-state index contributed by atoms with van der Waals surface area (Å²) in [5.41, 5.74) is 3.65. The average molecular weight is 401 g/mol. The molecule has 1 heterocycles. The largest absolute Gasteiger partial charge is 0.495 e. The van der Waals surface area contributed by atoms with E-state index in [0.717, 1.165) is 16.3 Å². The van der Waals surface area contributed by atoms with Crippen LogP contribution < -0.4 is 10.1 Å². The van der Waals surface area contributed by atoms with E-state index in [4.69, 9.17) is 16.3 Å². The number of carbonyl (C=O) groups is 1. The zero-order chi connectivity index (χ0) is 19.4. The van der Waals surface area contributed by atoms with Crippen LogP contribution in [0.25, 0.3) is 10.6 Å². The number of carbonyl (C=O) groups excluding carboxylic acids is 1. The van der Waals surface area contributed by atoms with E-state index >= 15 is 0 Å². The minimum absolute atomic E-state index is 0.164. The number of benzene rings is 2. The lowest BCUT2D eigenvalue weighted by Crippen LogP contribution is -2.15. The van der Waals surface area contributed by atoms with E-state index in [0.29, 0.717) is 22.4 Å². The number of ether oxygens (including phenoxy) is 1. The van der Waals surface area contributed by atoms with Crippen molar-refractivity contribution < 1.29 is 9.53 Å². The third-order valence-electron chi connectivity index (χ3n) is 4.15. The number of amides is 1. The molecule has 0 unspecified atom stereocenters. The maximum atomic E-state index is 12.4. The highest BCUT2D eigenvalue weighted by atomic mass is 35.5. The predicted molar refractivity (Wildman–Crippen MR) is 112 cm³/mol. The van der Waals surface area contributed by atoms with Crippen molar-refractivity contribution in [3.8, 4) is 16.3 Å². The zero-order valence-corrected chi connectivity index (χ0v) is 17.0. The molecule has 0 radical (unpaired) electrons. The van der Waals surface area contributed by atoms with Gasteiger partial charge in [0.1, 0.15) is 10.8 Å². The monoisotopic (exact) mass is 400 g/mol. The van der Waals surface area contributed by atoms with Crippen molar-refractivity contribution in [3.05, 3.63) is 64.1 Å². The molecule has 2 aromatic carbocycles. The molecule has 0 spiro atoms. The van der Waals surface area contributed by atoms with Crippen LogP contribution in [0.3, 0.4) is 0 Å². The van der Waals surface area contributed by atoms with E-state index in [1.807, 2.05) is 5.38 Å². The number of hydrogen-bond acceptors (Lipinski definition) is 4. The first-order valence-corrected chi connectivity index (χ1v) is 9.90. The molecule has 27 heavy (non-hydrogen) atoms. The van der Waals surface area contributed by atoms with Crippen LogP contribution in [0.15, 0.2) is 47.8 Å². The second-order valence-electron chi connectivity index (χ2n) is 6.49. The van der Waals surface area contributed by atoms with E-state index in [-0.39, 0.29) is 12.3 Å². The zero-order valence-electron chi connectivity index (χ0n) is 15.5. The highest BCUT2D eigenvalue weighted by Gasteiger charge is 2.12. The normalized spacial score (nSPS) is 10.9. The van der Waals surface area contributed by atoms with Gasteiger partial charge in [0.15, 0.2) is 0 Å². The van der Waals surface area contributed by atoms with Gasteiger partial charge in [0.2, 0.25) is 5.91 Å². The molecule has 140 valence electrons. The lowest BCUT2D eigenvalue weighted by Gasteiger charge is -2.10. The molecule has 0 saturated carbocycles. The molecule has 3 rings (SSSR count). The summed E-state index contributed by atoms with van der Waals surface area (Å²) in [7, 11) is 1.55. The number of nitrogens with zero attached hydrogens (tertiary/aromatic N) is 1. The van der Waals surface area contributed by atoms with Crippen molar-refractivity contribution in [2.24, 2.45) is 0 Å². The topological polar surface area (TPSA) is 51.2 Å². The highest BCUT2D eigenvalue weighted by molar-refractivity contribution is 7.13. The summed E-state index contributed by atoms with van der Waals surface area (Å²) in [6, 6.07) is 13.5. The van der Waals surface area contributed by atoms with Crippen LogP contribution in [0.4, 0.5) is 5.69 Å². The number of hydrogen-bond donors (Lipinski definition) is 1. The van der Waals surface area contributed by atoms with Crippen molar-refractivity contribution in [2.75, 3.05) is 12.4 Å². The molecule has 0 bridgehead atoms. The minimum Gasteiger partial charge on any atom is -0.495 e. The molecule has 0 aliphatic rings. The SMILES string of the molecule is COc1ccc(Cl)cc1NC(=O)Cc1csc(-c2ccc(C(C)C)cc2)n1. The molecule has 4 nitrogen and oxygen atoms in total. The Labute approximate surface area is 168 Å². The standard InChI is InChI=1S/C21H21ClN2O2S/c1-13(2)14-4-6-15(7-5-14)21-23-17(12-27-21)11-20(25)24-18-10-16(22)8-9-19(18)26-3/h4-10,12-13H,11H2,1-3H3,(H,24,25). The summed E-state index contributed by atoms with van der Waals surface area (Å²) in [4.78, 5) is 17.0. The van der Waals surface area contributed by atoms with Crippen LogP contribution in [-0.4, -0.2) is 18.0 Å². The highest BCUT2D eigenvalue weighted by Crippen LogP contribution is 2.29. The van der Waals surface area contributed by atoms with Crippen LogP contribution in [0.2, 0.25) is 5.02 Å². The van der Waals surface area contributed by atoms with Crippen molar-refractivity contribution >= 4 is 34.5 Å². The molecule has 0 fully saturated rings. The van der Waals surface area contributed by atoms with Gasteiger partial charge in [-0.05, 0) is 29.7 Å². The van der Waals surface area contributed by atoms with Gasteiger partial charge in [-0.15, -0.1) is 11.3 Å². The first-order chi connectivity index (χ1) is 13.0. The van der Waals surface area contributed by atoms with Gasteiger partial charge in [0.05, 0.1) is 24.9 Å². The number of halogens is 1. The van der Waals surface area contributed by atoms with Gasteiger partial charge < -0.3 is 10.1 Å². The lowest BCUT2D eigenvalue weighted by molar-refractivity contribution is -0.115. The van der Waals surface area contributed by atoms with E-state index < -0.39 is 0 Å². The fraction of sp³-hybridized carbons (Fsp3) is 0.238. The smallest absolute Gasteiger partial charge is 0.230 e. The fourth-order valence-electron chi connectivity index (χ4n) is 2.67. The predicted octanol–water partition coefficient (Wildman–Crippen LogP) is 5.78. The second kappa shape index (κ2) is 8.55. The van der Waals surface area contributed by atoms with Crippen molar-refractivity contribution in [1.82, 2.24) is 4.98 Å². The molecular weight excluding hydrogens is 380 g/mol. The van der Waals surface area contributed by atoms with Crippen molar-refractivity contribution in [1.29, 1.82) is 0 Å². The quantitative estimate of drug-likeness (QED) is 0.570. The number of anilines is 1. The Hall–Kier alpha value is -2.37. The molecule has 1 N–H and O–H groups in total. The van der Waals surface area contributed by atoms with Gasteiger partial charge in [-0.3, -0.25) is 4.79 Å². The molecule has 3 aromatic rings. The summed E-state index contributed by atoms with van der Waals surface area (Å²) >= 11 is 7.54. The van der Waals surface area contributed by atoms with Crippen LogP contribution in [0.5, 0.6) is 5.75 Å². The molecule has 6 heteroatoms. The van der Waals surface area contributed by atoms with Gasteiger partial charge in [-0.25, -0.2) is 4.98 Å². The Bertz CT molecular complexity index is 936. The summed E-state index contributed by atoms with van der Waals surface area (Å²) in [6.45, 7) is 4.34. The molecule has 1 amide bonds. The average Bonchev–Trinajstić information content (AvgIpc) is 3.10. The Kier molecular flexibility index (Phi) is 6.14. The summed E-state index contributed by atoms with van der Waals surface area (Å²) < 4.78 is 5.25. The molecule has 0 saturated heterocycles. The number of thiazole rings is 1. The third-order valence-corrected chi connectivity index (χ3v) is 5.33. The van der Waals surface area contributed by atoms with Crippen molar-refractivity contribution in [3.63, 3.8) is 0 Å². The first kappa shape index (κ1) is 19.4. The second-order valence-corrected chi connectivity index (χ2v) is 7.78. The van der Waals surface area contributed by atoms with Gasteiger partial charge in [-0.2, -0.15) is 0 Å². The summed E-state index contributed by atoms with van der Waals surface area (Å²) in [5, 5.41) is 6.20. The van der Waals surface area contributed by atoms with Gasteiger partial charge in [0, 0.05) is 16.0 Å². The van der Waals surface area contributed by atoms with E-state index in [9.17, 15) is 4.79 Å². The lowest BCUT2D eigenvalue weighted by atomic mass is 10.0. The van der Waals surface area contributed by atoms with Gasteiger partial charge in [-0.1, -0.05) is 49.7 Å². The fourth-order valence-corrected chi connectivity index (χ4v) is 3.67. The summed E-state index contributed by atoms with van der Waals surface area (Å²) in [5.74, 6) is 0.901. The minimum atomic E-state index is -0.164. The Morgan fingerprint density at radius 3 is 2.63 bits per heavy atom. The number of nitrogens with one attached hydrogen (secondary N) is 1. The van der Waals surface area contributed by atoms with Gasteiger partial charge >= 0.3 is 0 Å². The van der Waals surface area contributed by atoms with E-state index in [2.05, 4.69) is 48.4 Å². The van der Waals surface area contributed by atoms with Crippen LogP contribution >= 0.6 is 22.9 Å². The maximum Gasteiger partial charge on any atom is 0.230 e. The number of rotatable bonds is 6. The summed E-state index contributed by atoms with van der Waals surface area (Å²) in [6.07, 6.45) is 0.191. The maximum absolute atomic E-state index is 12.4. The van der Waals surface area contributed by atoms with E-state index in [1.165, 1.54) is 16.9 Å². The van der Waals surface area contributed by atoms with Crippen molar-refractivity contribution in [2.45, 2.75) is 26.2 Å². The Morgan fingerprint density at radius 2 is 1.96 bits per heavy atom. The molecule has 0 aliphatic carbocycles. The first-order valence-electron chi connectivity index (χ1n) is 8.64. The Balaban J connectivity index is 1.68. The van der Waals surface area contributed by atoms with Crippen LogP contribution in [0.1, 0.15) is 31.0 Å². The number of methoxy groups -OCH3 is 1. The Morgan fingerprint density at radius 1 is 1.22 bits per heavy atom. The molecule has 0 aliphatic heterocycles. The van der Waals surface area contributed by atoms with Crippen LogP contribution in [0, 0.1) is 0 Å². The molecular formula is C21H21ClN2O2S. The molecule has 1 aromatic heterocycles. The third kappa shape index (κ3) is 4.87. The molecule has 0 atom stereocenters. The van der Waals surface area contributed by atoms with Crippen LogP contribution in [-0.2, 0) is 11.2 Å². The number of aromatic nitrogens is 1. The van der Waals surface area contributed by atoms with E-state index in [1.54, 1.807) is 25.3 Å².